The van der Waals surface area contributed by atoms with Crippen molar-refractivity contribution in [2.45, 2.75) is 104 Å². The van der Waals surface area contributed by atoms with Crippen LogP contribution in [0.1, 0.15) is 103 Å². The number of phenols is 1. The number of unbranched alkanes of at least 4 members (excludes halogenated alkanes) is 11. The number of carbonyl (C=O) groups excluding carboxylic acids is 1. The summed E-state index contributed by atoms with van der Waals surface area (Å²) in [7, 11) is 0. The highest BCUT2D eigenvalue weighted by atomic mass is 16.5. The molecule has 0 atom stereocenters. The molecular weight excluding hydrogens is 416 g/mol. The van der Waals surface area contributed by atoms with Crippen LogP contribution in [0.4, 0.5) is 0 Å². The van der Waals surface area contributed by atoms with Gasteiger partial charge in [-0.25, -0.2) is 0 Å². The van der Waals surface area contributed by atoms with Gasteiger partial charge in [0.25, 0.3) is 0 Å². The first-order chi connectivity index (χ1) is 16.0. The first kappa shape index (κ1) is 26.7. The van der Waals surface area contributed by atoms with E-state index in [0.29, 0.717) is 12.2 Å². The summed E-state index contributed by atoms with van der Waals surface area (Å²) < 4.78 is 10.8. The Morgan fingerprint density at radius 2 is 1.52 bits per heavy atom. The SMILES string of the molecule is CCCCCCCC/C=C/CCCCCCCC(=O)Oc1cc(O)c2c(=O)cc(C)oc2c1. The molecule has 0 aliphatic rings. The van der Waals surface area contributed by atoms with Gasteiger partial charge in [0.1, 0.15) is 28.2 Å². The lowest BCUT2D eigenvalue weighted by molar-refractivity contribution is -0.134. The second-order valence-corrected chi connectivity index (χ2v) is 8.85. The molecule has 5 heteroatoms. The lowest BCUT2D eigenvalue weighted by Gasteiger charge is -2.07. The number of hydrogen-bond donors (Lipinski definition) is 1. The summed E-state index contributed by atoms with van der Waals surface area (Å²) in [6.45, 7) is 3.91. The summed E-state index contributed by atoms with van der Waals surface area (Å²) >= 11 is 0. The Balaban J connectivity index is 1.55. The number of aryl methyl sites for hydroxylation is 1. The van der Waals surface area contributed by atoms with Crippen molar-refractivity contribution in [3.63, 3.8) is 0 Å². The second-order valence-electron chi connectivity index (χ2n) is 8.85. The lowest BCUT2D eigenvalue weighted by Crippen LogP contribution is -2.08. The molecule has 1 N–H and O–H groups in total. The van der Waals surface area contributed by atoms with Crippen molar-refractivity contribution in [3.05, 3.63) is 46.3 Å². The van der Waals surface area contributed by atoms with E-state index in [1.54, 1.807) is 6.92 Å². The van der Waals surface area contributed by atoms with Gasteiger partial charge >= 0.3 is 5.97 Å². The average Bonchev–Trinajstić information content (AvgIpc) is 2.75. The van der Waals surface area contributed by atoms with Gasteiger partial charge in [0.15, 0.2) is 5.43 Å². The molecule has 0 aliphatic carbocycles. The molecule has 0 spiro atoms. The first-order valence-corrected chi connectivity index (χ1v) is 12.6. The van der Waals surface area contributed by atoms with Crippen LogP contribution in [0, 0.1) is 6.92 Å². The maximum atomic E-state index is 12.1. The molecule has 2 rings (SSSR count). The fraction of sp³-hybridized carbons (Fsp3) is 0.571. The number of allylic oxidation sites excluding steroid dienone is 2. The van der Waals surface area contributed by atoms with Crippen LogP contribution in [0.5, 0.6) is 11.5 Å². The molecule has 2 aromatic rings. The molecule has 0 saturated carbocycles. The van der Waals surface area contributed by atoms with Crippen molar-refractivity contribution in [3.8, 4) is 11.5 Å². The van der Waals surface area contributed by atoms with E-state index < -0.39 is 0 Å². The second kappa shape index (κ2) is 15.3. The Hall–Kier alpha value is -2.56. The molecule has 0 bridgehead atoms. The van der Waals surface area contributed by atoms with Gasteiger partial charge in [-0.2, -0.15) is 0 Å². The number of benzene rings is 1. The molecular formula is C28H40O5. The number of hydrogen-bond acceptors (Lipinski definition) is 5. The van der Waals surface area contributed by atoms with Gasteiger partial charge in [0.05, 0.1) is 0 Å². The largest absolute Gasteiger partial charge is 0.507 e. The average molecular weight is 457 g/mol. The van der Waals surface area contributed by atoms with Gasteiger partial charge in [-0.1, -0.05) is 70.4 Å². The van der Waals surface area contributed by atoms with Crippen molar-refractivity contribution in [2.75, 3.05) is 0 Å². The summed E-state index contributed by atoms with van der Waals surface area (Å²) in [5.74, 6) is 0.0293. The Morgan fingerprint density at radius 1 is 0.909 bits per heavy atom. The number of fused-ring (bicyclic) bond motifs is 1. The zero-order valence-electron chi connectivity index (χ0n) is 20.4. The fourth-order valence-electron chi connectivity index (χ4n) is 3.95. The van der Waals surface area contributed by atoms with Crippen molar-refractivity contribution in [1.82, 2.24) is 0 Å². The molecule has 1 aromatic heterocycles. The lowest BCUT2D eigenvalue weighted by atomic mass is 10.1. The molecule has 182 valence electrons. The Labute approximate surface area is 197 Å². The summed E-state index contributed by atoms with van der Waals surface area (Å²) in [5, 5.41) is 10.2. The zero-order chi connectivity index (χ0) is 23.9. The van der Waals surface area contributed by atoms with Gasteiger partial charge in [0, 0.05) is 24.6 Å². The molecule has 0 fully saturated rings. The highest BCUT2D eigenvalue weighted by molar-refractivity contribution is 5.85. The smallest absolute Gasteiger partial charge is 0.311 e. The Morgan fingerprint density at radius 3 is 2.18 bits per heavy atom. The van der Waals surface area contributed by atoms with E-state index in [1.165, 1.54) is 76.0 Å². The van der Waals surface area contributed by atoms with Gasteiger partial charge in [0.2, 0.25) is 0 Å². The number of aromatic hydroxyl groups is 1. The van der Waals surface area contributed by atoms with Crippen molar-refractivity contribution in [2.24, 2.45) is 0 Å². The van der Waals surface area contributed by atoms with Crippen LogP contribution in [0.3, 0.4) is 0 Å². The van der Waals surface area contributed by atoms with Crippen molar-refractivity contribution < 1.29 is 19.1 Å². The molecule has 0 unspecified atom stereocenters. The first-order valence-electron chi connectivity index (χ1n) is 12.6. The third-order valence-corrected chi connectivity index (χ3v) is 5.78. The minimum atomic E-state index is -0.346. The summed E-state index contributed by atoms with van der Waals surface area (Å²) in [5.41, 5.74) is -0.110. The van der Waals surface area contributed by atoms with E-state index in [2.05, 4.69) is 19.1 Å². The topological polar surface area (TPSA) is 76.7 Å². The molecule has 0 amide bonds. The van der Waals surface area contributed by atoms with Crippen molar-refractivity contribution >= 4 is 16.9 Å². The zero-order valence-corrected chi connectivity index (χ0v) is 20.4. The predicted molar refractivity (Wildman–Crippen MR) is 134 cm³/mol. The number of ether oxygens (including phenoxy) is 1. The van der Waals surface area contributed by atoms with Crippen LogP contribution in [-0.2, 0) is 4.79 Å². The number of carbonyl (C=O) groups is 1. The normalized spacial score (nSPS) is 11.5. The van der Waals surface area contributed by atoms with Gasteiger partial charge in [-0.15, -0.1) is 0 Å². The molecule has 0 aliphatic heterocycles. The monoisotopic (exact) mass is 456 g/mol. The number of phenolic OH excluding ortho intramolecular Hbond substituents is 1. The van der Waals surface area contributed by atoms with E-state index in [9.17, 15) is 14.7 Å². The van der Waals surface area contributed by atoms with E-state index in [0.717, 1.165) is 25.7 Å². The maximum absolute atomic E-state index is 12.1. The maximum Gasteiger partial charge on any atom is 0.311 e. The predicted octanol–water partition coefficient (Wildman–Crippen LogP) is 7.75. The quantitative estimate of drug-likeness (QED) is 0.121. The Kier molecular flexibility index (Phi) is 12.4. The van der Waals surface area contributed by atoms with Crippen molar-refractivity contribution in [1.29, 1.82) is 0 Å². The Bertz CT molecular complexity index is 941. The standard InChI is InChI=1S/C28H40O5/c1-3-4-5-6-7-8-9-10-11-12-13-14-15-16-17-18-27(31)33-23-20-25(30)28-24(29)19-22(2)32-26(28)21-23/h10-11,19-21,30H,3-9,12-18H2,1-2H3/b11-10+. The summed E-state index contributed by atoms with van der Waals surface area (Å²) in [6.07, 6.45) is 20.6. The number of esters is 1. The molecule has 5 nitrogen and oxygen atoms in total. The minimum Gasteiger partial charge on any atom is -0.507 e. The fourth-order valence-corrected chi connectivity index (χ4v) is 3.95. The summed E-state index contributed by atoms with van der Waals surface area (Å²) in [4.78, 5) is 24.1. The molecule has 0 saturated heterocycles. The number of rotatable bonds is 16. The third kappa shape index (κ3) is 10.3. The summed E-state index contributed by atoms with van der Waals surface area (Å²) in [6, 6.07) is 4.08. The molecule has 1 aromatic carbocycles. The van der Waals surface area contributed by atoms with Crippen LogP contribution in [0.15, 0.2) is 39.6 Å². The van der Waals surface area contributed by atoms with Gasteiger partial charge < -0.3 is 14.3 Å². The third-order valence-electron chi connectivity index (χ3n) is 5.78. The molecule has 1 heterocycles. The molecule has 0 radical (unpaired) electrons. The van der Waals surface area contributed by atoms with Gasteiger partial charge in [-0.3, -0.25) is 9.59 Å². The highest BCUT2D eigenvalue weighted by Gasteiger charge is 2.13. The van der Waals surface area contributed by atoms with E-state index in [4.69, 9.17) is 9.15 Å². The molecule has 33 heavy (non-hydrogen) atoms. The van der Waals surface area contributed by atoms with Crippen LogP contribution >= 0.6 is 0 Å². The highest BCUT2D eigenvalue weighted by Crippen LogP contribution is 2.29. The van der Waals surface area contributed by atoms with Gasteiger partial charge in [-0.05, 0) is 39.0 Å². The van der Waals surface area contributed by atoms with Crippen LogP contribution < -0.4 is 10.2 Å². The van der Waals surface area contributed by atoms with E-state index in [-0.39, 0.29) is 33.9 Å². The van der Waals surface area contributed by atoms with E-state index >= 15 is 0 Å². The van der Waals surface area contributed by atoms with Crippen LogP contribution in [-0.4, -0.2) is 11.1 Å². The van der Waals surface area contributed by atoms with E-state index in [1.807, 2.05) is 0 Å². The minimum absolute atomic E-state index is 0.0950. The van der Waals surface area contributed by atoms with Crippen LogP contribution in [0.25, 0.3) is 11.0 Å². The van der Waals surface area contributed by atoms with Crippen LogP contribution in [0.2, 0.25) is 0 Å².